The first-order valence-corrected chi connectivity index (χ1v) is 6.68. The maximum atomic E-state index is 13.7. The number of benzene rings is 1. The van der Waals surface area contributed by atoms with Crippen molar-refractivity contribution in [3.8, 4) is 0 Å². The molecule has 20 heavy (non-hydrogen) atoms. The minimum absolute atomic E-state index is 0.00260. The van der Waals surface area contributed by atoms with Crippen LogP contribution in [0.25, 0.3) is 0 Å². The predicted molar refractivity (Wildman–Crippen MR) is 72.7 cm³/mol. The smallest absolute Gasteiger partial charge is 0.307 e. The van der Waals surface area contributed by atoms with E-state index in [9.17, 15) is 18.9 Å². The van der Waals surface area contributed by atoms with Crippen molar-refractivity contribution >= 4 is 11.4 Å². The number of anilines is 1. The normalized spacial score (nSPS) is 18.8. The quantitative estimate of drug-likeness (QED) is 0.666. The van der Waals surface area contributed by atoms with E-state index in [4.69, 9.17) is 0 Å². The van der Waals surface area contributed by atoms with E-state index in [1.807, 2.05) is 0 Å². The monoisotopic (exact) mass is 284 g/mol. The molecule has 0 spiro atoms. The van der Waals surface area contributed by atoms with Crippen molar-refractivity contribution in [3.63, 3.8) is 0 Å². The van der Waals surface area contributed by atoms with E-state index in [2.05, 4.69) is 19.2 Å². The molecule has 0 heterocycles. The molecule has 6 heteroatoms. The molecule has 1 aromatic rings. The average Bonchev–Trinajstić information content (AvgIpc) is 2.34. The van der Waals surface area contributed by atoms with E-state index < -0.39 is 22.2 Å². The molecule has 0 saturated heterocycles. The molecule has 1 aliphatic rings. The molecule has 1 fully saturated rings. The van der Waals surface area contributed by atoms with Crippen molar-refractivity contribution in [1.82, 2.24) is 0 Å². The molecule has 1 N–H and O–H groups in total. The van der Waals surface area contributed by atoms with Crippen LogP contribution < -0.4 is 5.32 Å². The summed E-state index contributed by atoms with van der Waals surface area (Å²) < 4.78 is 26.9. The van der Waals surface area contributed by atoms with Gasteiger partial charge in [0, 0.05) is 18.2 Å². The summed E-state index contributed by atoms with van der Waals surface area (Å²) in [6.45, 7) is 4.37. The van der Waals surface area contributed by atoms with Gasteiger partial charge in [-0.3, -0.25) is 10.1 Å². The number of nitro benzene ring substituents is 1. The fourth-order valence-corrected chi connectivity index (χ4v) is 2.55. The number of hydrogen-bond acceptors (Lipinski definition) is 3. The summed E-state index contributed by atoms with van der Waals surface area (Å²) in [6.07, 6.45) is 3.76. The third-order valence-corrected chi connectivity index (χ3v) is 3.93. The highest BCUT2D eigenvalue weighted by Crippen LogP contribution is 2.36. The molecule has 1 saturated carbocycles. The lowest BCUT2D eigenvalue weighted by atomic mass is 9.75. The van der Waals surface area contributed by atoms with Gasteiger partial charge in [0.1, 0.15) is 5.82 Å². The van der Waals surface area contributed by atoms with Crippen LogP contribution in [0.2, 0.25) is 0 Å². The zero-order chi connectivity index (χ0) is 14.9. The first-order valence-electron chi connectivity index (χ1n) is 6.68. The number of nitro groups is 1. The molecule has 1 aliphatic carbocycles. The first kappa shape index (κ1) is 14.7. The van der Waals surface area contributed by atoms with Crippen LogP contribution in [0, 0.1) is 27.2 Å². The fourth-order valence-electron chi connectivity index (χ4n) is 2.55. The van der Waals surface area contributed by atoms with Gasteiger partial charge in [-0.2, -0.15) is 4.39 Å². The molecule has 0 atom stereocenters. The van der Waals surface area contributed by atoms with E-state index in [0.29, 0.717) is 6.07 Å². The van der Waals surface area contributed by atoms with E-state index in [0.717, 1.165) is 31.7 Å². The summed E-state index contributed by atoms with van der Waals surface area (Å²) >= 11 is 0. The highest BCUT2D eigenvalue weighted by atomic mass is 19.1. The molecule has 0 amide bonds. The Hall–Kier alpha value is -1.72. The molecule has 0 aromatic heterocycles. The van der Waals surface area contributed by atoms with Gasteiger partial charge in [0.2, 0.25) is 5.82 Å². The standard InChI is InChI=1S/C14H18F2N2O2/c1-14(2)5-3-9(4-6-14)17-12-8-13(18(19)20)11(16)7-10(12)15/h7-9,17H,3-6H2,1-2H3. The van der Waals surface area contributed by atoms with Crippen molar-refractivity contribution in [2.24, 2.45) is 5.41 Å². The number of nitrogens with one attached hydrogen (secondary N) is 1. The zero-order valence-corrected chi connectivity index (χ0v) is 11.6. The Labute approximate surface area is 116 Å². The Balaban J connectivity index is 2.14. The Morgan fingerprint density at radius 2 is 1.85 bits per heavy atom. The molecule has 0 unspecified atom stereocenters. The van der Waals surface area contributed by atoms with Gasteiger partial charge in [-0.15, -0.1) is 0 Å². The molecule has 4 nitrogen and oxygen atoms in total. The van der Waals surface area contributed by atoms with Crippen molar-refractivity contribution in [2.75, 3.05) is 5.32 Å². The summed E-state index contributed by atoms with van der Waals surface area (Å²) in [5.41, 5.74) is -0.418. The Morgan fingerprint density at radius 3 is 2.40 bits per heavy atom. The maximum absolute atomic E-state index is 13.7. The summed E-state index contributed by atoms with van der Waals surface area (Å²) in [7, 11) is 0. The third kappa shape index (κ3) is 3.23. The lowest BCUT2D eigenvalue weighted by Gasteiger charge is -2.35. The lowest BCUT2D eigenvalue weighted by molar-refractivity contribution is -0.387. The minimum atomic E-state index is -1.15. The van der Waals surface area contributed by atoms with Crippen LogP contribution in [0.15, 0.2) is 12.1 Å². The highest BCUT2D eigenvalue weighted by Gasteiger charge is 2.28. The van der Waals surface area contributed by atoms with E-state index in [1.54, 1.807) is 0 Å². The van der Waals surface area contributed by atoms with E-state index in [1.165, 1.54) is 0 Å². The van der Waals surface area contributed by atoms with Crippen LogP contribution in [-0.2, 0) is 0 Å². The van der Waals surface area contributed by atoms with Crippen molar-refractivity contribution < 1.29 is 13.7 Å². The second kappa shape index (κ2) is 5.34. The van der Waals surface area contributed by atoms with Gasteiger partial charge < -0.3 is 5.32 Å². The van der Waals surface area contributed by atoms with Crippen molar-refractivity contribution in [3.05, 3.63) is 33.9 Å². The lowest BCUT2D eigenvalue weighted by Crippen LogP contribution is -2.30. The van der Waals surface area contributed by atoms with Gasteiger partial charge in [-0.1, -0.05) is 13.8 Å². The second-order valence-corrected chi connectivity index (χ2v) is 6.12. The Morgan fingerprint density at radius 1 is 1.25 bits per heavy atom. The van der Waals surface area contributed by atoms with Gasteiger partial charge in [-0.05, 0) is 31.1 Å². The summed E-state index contributed by atoms with van der Waals surface area (Å²) in [4.78, 5) is 9.83. The first-order chi connectivity index (χ1) is 9.28. The van der Waals surface area contributed by atoms with Crippen molar-refractivity contribution in [1.29, 1.82) is 0 Å². The molecule has 110 valence electrons. The van der Waals surface area contributed by atoms with Crippen LogP contribution in [0.1, 0.15) is 39.5 Å². The topological polar surface area (TPSA) is 55.2 Å². The van der Waals surface area contributed by atoms with Crippen molar-refractivity contribution in [2.45, 2.75) is 45.6 Å². The number of nitrogens with zero attached hydrogens (tertiary/aromatic N) is 1. The molecule has 2 rings (SSSR count). The van der Waals surface area contributed by atoms with E-state index in [-0.39, 0.29) is 17.1 Å². The van der Waals surface area contributed by atoms with Crippen LogP contribution >= 0.6 is 0 Å². The number of halogens is 2. The SMILES string of the molecule is CC1(C)CCC(Nc2cc([N+](=O)[O-])c(F)cc2F)CC1. The number of hydrogen-bond donors (Lipinski definition) is 1. The highest BCUT2D eigenvalue weighted by molar-refractivity contribution is 5.53. The van der Waals surface area contributed by atoms with Crippen LogP contribution in [0.4, 0.5) is 20.2 Å². The summed E-state index contributed by atoms with van der Waals surface area (Å²) in [6, 6.07) is 1.57. The molecule has 0 aliphatic heterocycles. The van der Waals surface area contributed by atoms with Crippen LogP contribution in [0.3, 0.4) is 0 Å². The van der Waals surface area contributed by atoms with Gasteiger partial charge in [-0.25, -0.2) is 4.39 Å². The number of rotatable bonds is 3. The largest absolute Gasteiger partial charge is 0.380 e. The fraction of sp³-hybridized carbons (Fsp3) is 0.571. The molecule has 0 bridgehead atoms. The molecule has 1 aromatic carbocycles. The van der Waals surface area contributed by atoms with Crippen LogP contribution in [-0.4, -0.2) is 11.0 Å². The predicted octanol–water partition coefficient (Wildman–Crippen LogP) is 4.25. The maximum Gasteiger partial charge on any atom is 0.307 e. The van der Waals surface area contributed by atoms with Gasteiger partial charge in [0.25, 0.3) is 0 Å². The zero-order valence-electron chi connectivity index (χ0n) is 11.6. The molecule has 0 radical (unpaired) electrons. The van der Waals surface area contributed by atoms with Crippen LogP contribution in [0.5, 0.6) is 0 Å². The Bertz CT molecular complexity index is 522. The van der Waals surface area contributed by atoms with Gasteiger partial charge in [0.05, 0.1) is 10.6 Å². The van der Waals surface area contributed by atoms with E-state index >= 15 is 0 Å². The molecular formula is C14H18F2N2O2. The summed E-state index contributed by atoms with van der Waals surface area (Å²) in [5.74, 6) is -1.94. The third-order valence-electron chi connectivity index (χ3n) is 3.93. The summed E-state index contributed by atoms with van der Waals surface area (Å²) in [5, 5.41) is 13.6. The Kier molecular flexibility index (Phi) is 3.92. The minimum Gasteiger partial charge on any atom is -0.380 e. The van der Waals surface area contributed by atoms with Gasteiger partial charge >= 0.3 is 5.69 Å². The second-order valence-electron chi connectivity index (χ2n) is 6.12. The van der Waals surface area contributed by atoms with Gasteiger partial charge in [0.15, 0.2) is 0 Å². The average molecular weight is 284 g/mol. The molecular weight excluding hydrogens is 266 g/mol.